The second kappa shape index (κ2) is 4.61. The van der Waals surface area contributed by atoms with E-state index < -0.39 is 0 Å². The molecule has 1 aliphatic carbocycles. The van der Waals surface area contributed by atoms with Crippen molar-refractivity contribution < 1.29 is 0 Å². The number of anilines is 1. The molecule has 1 aliphatic heterocycles. The summed E-state index contributed by atoms with van der Waals surface area (Å²) in [4.78, 5) is 2.46. The highest BCUT2D eigenvalue weighted by molar-refractivity contribution is 5.48. The first-order valence-corrected chi connectivity index (χ1v) is 6.67. The van der Waals surface area contributed by atoms with Crippen LogP contribution in [-0.2, 0) is 6.54 Å². The van der Waals surface area contributed by atoms with Crippen LogP contribution in [0.4, 0.5) is 5.82 Å². The number of nitrogens with two attached hydrogens (primary N) is 1. The summed E-state index contributed by atoms with van der Waals surface area (Å²) in [5, 5.41) is 8.35. The van der Waals surface area contributed by atoms with Crippen LogP contribution < -0.4 is 10.6 Å². The van der Waals surface area contributed by atoms with Gasteiger partial charge in [0.05, 0.1) is 6.20 Å². The Hall–Kier alpha value is -1.16. The van der Waals surface area contributed by atoms with Gasteiger partial charge in [-0.05, 0) is 31.2 Å². The van der Waals surface area contributed by atoms with Gasteiger partial charge in [0.2, 0.25) is 0 Å². The maximum Gasteiger partial charge on any atom is 0.156 e. The van der Waals surface area contributed by atoms with Crippen molar-refractivity contribution in [2.24, 2.45) is 11.7 Å². The van der Waals surface area contributed by atoms with Crippen molar-refractivity contribution in [3.8, 4) is 0 Å². The Morgan fingerprint density at radius 1 is 1.29 bits per heavy atom. The van der Waals surface area contributed by atoms with E-state index >= 15 is 0 Å². The summed E-state index contributed by atoms with van der Waals surface area (Å²) in [6.45, 7) is 1.68. The molecule has 1 saturated heterocycles. The lowest BCUT2D eigenvalue weighted by atomic mass is 9.85. The summed E-state index contributed by atoms with van der Waals surface area (Å²) in [5.74, 6) is 1.90. The average Bonchev–Trinajstić information content (AvgIpc) is 2.82. The van der Waals surface area contributed by atoms with E-state index in [4.69, 9.17) is 5.73 Å². The van der Waals surface area contributed by atoms with Gasteiger partial charge < -0.3 is 10.6 Å². The van der Waals surface area contributed by atoms with E-state index in [9.17, 15) is 0 Å². The molecule has 1 aromatic rings. The van der Waals surface area contributed by atoms with E-state index in [2.05, 4.69) is 15.1 Å². The highest BCUT2D eigenvalue weighted by Crippen LogP contribution is 2.38. The van der Waals surface area contributed by atoms with Gasteiger partial charge in [0.15, 0.2) is 5.82 Å². The van der Waals surface area contributed by atoms with Gasteiger partial charge in [0.25, 0.3) is 0 Å². The van der Waals surface area contributed by atoms with Crippen molar-refractivity contribution in [3.63, 3.8) is 0 Å². The van der Waals surface area contributed by atoms with Crippen molar-refractivity contribution in [2.45, 2.75) is 44.7 Å². The third kappa shape index (κ3) is 1.90. The lowest BCUT2D eigenvalue weighted by Crippen LogP contribution is -2.36. The Bertz CT molecular complexity index is 393. The molecule has 2 N–H and O–H groups in total. The molecule has 2 fully saturated rings. The number of aromatic nitrogens is 2. The molecule has 4 nitrogen and oxygen atoms in total. The van der Waals surface area contributed by atoms with E-state index in [1.807, 2.05) is 6.07 Å². The Morgan fingerprint density at radius 2 is 2.18 bits per heavy atom. The molecule has 2 heterocycles. The second-order valence-corrected chi connectivity index (χ2v) is 5.18. The van der Waals surface area contributed by atoms with Crippen LogP contribution in [-0.4, -0.2) is 22.8 Å². The first-order valence-electron chi connectivity index (χ1n) is 6.67. The lowest BCUT2D eigenvalue weighted by Gasteiger charge is -2.32. The van der Waals surface area contributed by atoms with Crippen LogP contribution >= 0.6 is 0 Å². The van der Waals surface area contributed by atoms with Gasteiger partial charge in [-0.2, -0.15) is 5.10 Å². The topological polar surface area (TPSA) is 55.0 Å². The first kappa shape index (κ1) is 11.0. The monoisotopic (exact) mass is 232 g/mol. The zero-order valence-corrected chi connectivity index (χ0v) is 10.2. The standard InChI is InChI=1S/C13H20N4/c14-9-11-5-7-15-16-13(11)17-8-6-10-3-1-2-4-12(10)17/h5,7,10,12H,1-4,6,8-9,14H2. The molecule has 0 bridgehead atoms. The van der Waals surface area contributed by atoms with Gasteiger partial charge >= 0.3 is 0 Å². The van der Waals surface area contributed by atoms with E-state index in [0.29, 0.717) is 12.6 Å². The van der Waals surface area contributed by atoms with Gasteiger partial charge in [0.1, 0.15) is 0 Å². The van der Waals surface area contributed by atoms with Crippen LogP contribution in [0, 0.1) is 5.92 Å². The maximum atomic E-state index is 5.79. The molecule has 1 aromatic heterocycles. The number of rotatable bonds is 2. The molecule has 17 heavy (non-hydrogen) atoms. The smallest absolute Gasteiger partial charge is 0.156 e. The number of hydrogen-bond donors (Lipinski definition) is 1. The van der Waals surface area contributed by atoms with Crippen LogP contribution in [0.2, 0.25) is 0 Å². The zero-order valence-electron chi connectivity index (χ0n) is 10.2. The minimum absolute atomic E-state index is 0.554. The van der Waals surface area contributed by atoms with Crippen molar-refractivity contribution >= 4 is 5.82 Å². The van der Waals surface area contributed by atoms with Crippen LogP contribution in [0.5, 0.6) is 0 Å². The Labute approximate surface area is 102 Å². The molecule has 0 amide bonds. The SMILES string of the molecule is NCc1ccnnc1N1CCC2CCCCC21. The minimum Gasteiger partial charge on any atom is -0.352 e. The summed E-state index contributed by atoms with van der Waals surface area (Å²) in [7, 11) is 0. The van der Waals surface area contributed by atoms with Crippen LogP contribution in [0.25, 0.3) is 0 Å². The predicted molar refractivity (Wildman–Crippen MR) is 67.6 cm³/mol. The zero-order chi connectivity index (χ0) is 11.7. The Balaban J connectivity index is 1.88. The summed E-state index contributed by atoms with van der Waals surface area (Å²) >= 11 is 0. The molecule has 4 heteroatoms. The third-order valence-corrected chi connectivity index (χ3v) is 4.28. The summed E-state index contributed by atoms with van der Waals surface area (Å²) in [6, 6.07) is 2.68. The number of fused-ring (bicyclic) bond motifs is 1. The summed E-state index contributed by atoms with van der Waals surface area (Å²) < 4.78 is 0. The number of hydrogen-bond acceptors (Lipinski definition) is 4. The van der Waals surface area contributed by atoms with Crippen LogP contribution in [0.3, 0.4) is 0 Å². The second-order valence-electron chi connectivity index (χ2n) is 5.18. The molecule has 0 aromatic carbocycles. The van der Waals surface area contributed by atoms with Crippen molar-refractivity contribution in [1.29, 1.82) is 0 Å². The third-order valence-electron chi connectivity index (χ3n) is 4.28. The Kier molecular flexibility index (Phi) is 2.97. The van der Waals surface area contributed by atoms with Gasteiger partial charge in [-0.15, -0.1) is 5.10 Å². The molecule has 1 saturated carbocycles. The molecule has 92 valence electrons. The average molecular weight is 232 g/mol. The van der Waals surface area contributed by atoms with Crippen molar-refractivity contribution in [3.05, 3.63) is 17.8 Å². The van der Waals surface area contributed by atoms with Gasteiger partial charge in [-0.3, -0.25) is 0 Å². The van der Waals surface area contributed by atoms with E-state index in [-0.39, 0.29) is 0 Å². The molecule has 2 atom stereocenters. The van der Waals surface area contributed by atoms with Gasteiger partial charge in [-0.25, -0.2) is 0 Å². The van der Waals surface area contributed by atoms with Gasteiger partial charge in [0, 0.05) is 24.7 Å². The fourth-order valence-corrected chi connectivity index (χ4v) is 3.42. The maximum absolute atomic E-state index is 5.79. The quantitative estimate of drug-likeness (QED) is 0.843. The molecule has 2 unspecified atom stereocenters. The fourth-order valence-electron chi connectivity index (χ4n) is 3.42. The lowest BCUT2D eigenvalue weighted by molar-refractivity contribution is 0.341. The fraction of sp³-hybridized carbons (Fsp3) is 0.692. The summed E-state index contributed by atoms with van der Waals surface area (Å²) in [6.07, 6.45) is 8.51. The van der Waals surface area contributed by atoms with Gasteiger partial charge in [-0.1, -0.05) is 12.8 Å². The molecule has 3 rings (SSSR count). The van der Waals surface area contributed by atoms with E-state index in [1.54, 1.807) is 6.20 Å². The van der Waals surface area contributed by atoms with E-state index in [1.165, 1.54) is 32.1 Å². The normalized spacial score (nSPS) is 28.2. The number of nitrogens with zero attached hydrogens (tertiary/aromatic N) is 3. The first-order chi connectivity index (χ1) is 8.40. The summed E-state index contributed by atoms with van der Waals surface area (Å²) in [5.41, 5.74) is 6.92. The van der Waals surface area contributed by atoms with Crippen LogP contribution in [0.1, 0.15) is 37.7 Å². The van der Waals surface area contributed by atoms with Crippen molar-refractivity contribution in [1.82, 2.24) is 10.2 Å². The predicted octanol–water partition coefficient (Wildman–Crippen LogP) is 1.70. The Morgan fingerprint density at radius 3 is 3.06 bits per heavy atom. The highest BCUT2D eigenvalue weighted by atomic mass is 15.3. The molecule has 0 radical (unpaired) electrons. The highest BCUT2D eigenvalue weighted by Gasteiger charge is 2.37. The van der Waals surface area contributed by atoms with Crippen molar-refractivity contribution in [2.75, 3.05) is 11.4 Å². The minimum atomic E-state index is 0.554. The van der Waals surface area contributed by atoms with E-state index in [0.717, 1.165) is 23.8 Å². The molecule has 2 aliphatic rings. The molecular weight excluding hydrogens is 212 g/mol. The van der Waals surface area contributed by atoms with Crippen LogP contribution in [0.15, 0.2) is 12.3 Å². The largest absolute Gasteiger partial charge is 0.352 e. The molecule has 0 spiro atoms. The molecular formula is C13H20N4.